The SMILES string of the molecule is O=C1CCN(Cc2cnn(-c3ccccc3)c2)CCN1Cc1cccc(Cl)c1. The highest BCUT2D eigenvalue weighted by molar-refractivity contribution is 6.30. The number of rotatable bonds is 5. The van der Waals surface area contributed by atoms with E-state index in [1.165, 1.54) is 0 Å². The van der Waals surface area contributed by atoms with E-state index in [-0.39, 0.29) is 5.91 Å². The Hall–Kier alpha value is -2.63. The van der Waals surface area contributed by atoms with E-state index in [1.807, 2.05) is 70.4 Å². The molecule has 0 unspecified atom stereocenters. The van der Waals surface area contributed by atoms with Crippen LogP contribution in [0.25, 0.3) is 5.69 Å². The lowest BCUT2D eigenvalue weighted by Crippen LogP contribution is -2.32. The van der Waals surface area contributed by atoms with Crippen LogP contribution in [0, 0.1) is 0 Å². The molecule has 6 heteroatoms. The van der Waals surface area contributed by atoms with Crippen molar-refractivity contribution in [3.63, 3.8) is 0 Å². The molecule has 2 aromatic carbocycles. The summed E-state index contributed by atoms with van der Waals surface area (Å²) in [5.74, 6) is 0.197. The van der Waals surface area contributed by atoms with Crippen LogP contribution in [0.15, 0.2) is 67.0 Å². The van der Waals surface area contributed by atoms with E-state index in [4.69, 9.17) is 11.6 Å². The second kappa shape index (κ2) is 8.59. The number of carbonyl (C=O) groups excluding carboxylic acids is 1. The molecule has 5 nitrogen and oxygen atoms in total. The predicted molar refractivity (Wildman–Crippen MR) is 110 cm³/mol. The molecule has 1 aliphatic heterocycles. The highest BCUT2D eigenvalue weighted by atomic mass is 35.5. The molecular weight excluding hydrogens is 372 g/mol. The zero-order valence-electron chi connectivity index (χ0n) is 15.7. The van der Waals surface area contributed by atoms with Gasteiger partial charge in [-0.15, -0.1) is 0 Å². The summed E-state index contributed by atoms with van der Waals surface area (Å²) in [5, 5.41) is 5.17. The van der Waals surface area contributed by atoms with Crippen molar-refractivity contribution in [2.75, 3.05) is 19.6 Å². The summed E-state index contributed by atoms with van der Waals surface area (Å²) in [7, 11) is 0. The molecule has 0 atom stereocenters. The number of aromatic nitrogens is 2. The lowest BCUT2D eigenvalue weighted by molar-refractivity contribution is -0.130. The average molecular weight is 395 g/mol. The monoisotopic (exact) mass is 394 g/mol. The molecule has 0 spiro atoms. The van der Waals surface area contributed by atoms with Crippen molar-refractivity contribution in [1.29, 1.82) is 0 Å². The summed E-state index contributed by atoms with van der Waals surface area (Å²) in [6.07, 6.45) is 4.50. The number of hydrogen-bond acceptors (Lipinski definition) is 3. The number of nitrogens with zero attached hydrogens (tertiary/aromatic N) is 4. The highest BCUT2D eigenvalue weighted by Gasteiger charge is 2.21. The number of hydrogen-bond donors (Lipinski definition) is 0. The molecule has 3 aromatic rings. The minimum absolute atomic E-state index is 0.197. The van der Waals surface area contributed by atoms with Gasteiger partial charge in [0.1, 0.15) is 0 Å². The maximum atomic E-state index is 12.5. The third kappa shape index (κ3) is 4.61. The van der Waals surface area contributed by atoms with Crippen molar-refractivity contribution in [2.24, 2.45) is 0 Å². The molecule has 0 bridgehead atoms. The van der Waals surface area contributed by atoms with E-state index in [0.717, 1.165) is 43.0 Å². The highest BCUT2D eigenvalue weighted by Crippen LogP contribution is 2.16. The Morgan fingerprint density at radius 2 is 1.79 bits per heavy atom. The Morgan fingerprint density at radius 1 is 0.929 bits per heavy atom. The van der Waals surface area contributed by atoms with E-state index in [2.05, 4.69) is 16.2 Å². The van der Waals surface area contributed by atoms with E-state index in [1.54, 1.807) is 0 Å². The zero-order chi connectivity index (χ0) is 19.3. The predicted octanol–water partition coefficient (Wildman–Crippen LogP) is 3.76. The summed E-state index contributed by atoms with van der Waals surface area (Å²) in [6, 6.07) is 17.8. The number of halogens is 1. The molecule has 28 heavy (non-hydrogen) atoms. The van der Waals surface area contributed by atoms with Crippen LogP contribution in [-0.2, 0) is 17.9 Å². The van der Waals surface area contributed by atoms with Gasteiger partial charge in [0.15, 0.2) is 0 Å². The van der Waals surface area contributed by atoms with Gasteiger partial charge in [0.05, 0.1) is 11.9 Å². The van der Waals surface area contributed by atoms with E-state index in [9.17, 15) is 4.79 Å². The molecular formula is C22H23ClN4O. The molecule has 1 saturated heterocycles. The van der Waals surface area contributed by atoms with Gasteiger partial charge in [-0.3, -0.25) is 9.69 Å². The van der Waals surface area contributed by atoms with Crippen LogP contribution in [0.3, 0.4) is 0 Å². The Morgan fingerprint density at radius 3 is 2.61 bits per heavy atom. The first-order valence-corrected chi connectivity index (χ1v) is 9.89. The number of para-hydroxylation sites is 1. The van der Waals surface area contributed by atoms with Gasteiger partial charge < -0.3 is 4.90 Å². The van der Waals surface area contributed by atoms with Gasteiger partial charge in [0.25, 0.3) is 0 Å². The largest absolute Gasteiger partial charge is 0.337 e. The average Bonchev–Trinajstić information content (AvgIpc) is 3.11. The van der Waals surface area contributed by atoms with Crippen molar-refractivity contribution in [2.45, 2.75) is 19.5 Å². The summed E-state index contributed by atoms with van der Waals surface area (Å²) in [4.78, 5) is 16.8. The second-order valence-electron chi connectivity index (χ2n) is 7.10. The van der Waals surface area contributed by atoms with Gasteiger partial charge in [-0.05, 0) is 29.8 Å². The maximum absolute atomic E-state index is 12.5. The van der Waals surface area contributed by atoms with Crippen LogP contribution in [0.1, 0.15) is 17.5 Å². The van der Waals surface area contributed by atoms with Crippen molar-refractivity contribution in [1.82, 2.24) is 19.6 Å². The molecule has 1 aliphatic rings. The lowest BCUT2D eigenvalue weighted by atomic mass is 10.2. The summed E-state index contributed by atoms with van der Waals surface area (Å²) in [5.41, 5.74) is 3.27. The normalized spacial score (nSPS) is 15.6. The maximum Gasteiger partial charge on any atom is 0.224 e. The fraction of sp³-hybridized carbons (Fsp3) is 0.273. The quantitative estimate of drug-likeness (QED) is 0.661. The zero-order valence-corrected chi connectivity index (χ0v) is 16.4. The first-order valence-electron chi connectivity index (χ1n) is 9.51. The molecule has 0 radical (unpaired) electrons. The number of amides is 1. The Bertz CT molecular complexity index is 940. The van der Waals surface area contributed by atoms with Crippen LogP contribution >= 0.6 is 11.6 Å². The van der Waals surface area contributed by atoms with Gasteiger partial charge in [0, 0.05) is 55.9 Å². The van der Waals surface area contributed by atoms with Crippen LogP contribution in [-0.4, -0.2) is 45.1 Å². The lowest BCUT2D eigenvalue weighted by Gasteiger charge is -2.22. The van der Waals surface area contributed by atoms with Gasteiger partial charge in [-0.1, -0.05) is 41.9 Å². The van der Waals surface area contributed by atoms with E-state index < -0.39 is 0 Å². The topological polar surface area (TPSA) is 41.4 Å². The molecule has 1 fully saturated rings. The van der Waals surface area contributed by atoms with Crippen molar-refractivity contribution < 1.29 is 4.79 Å². The third-order valence-corrected chi connectivity index (χ3v) is 5.24. The van der Waals surface area contributed by atoms with Crippen LogP contribution in [0.2, 0.25) is 5.02 Å². The van der Waals surface area contributed by atoms with Crippen molar-refractivity contribution in [3.05, 3.63) is 83.1 Å². The first-order chi connectivity index (χ1) is 13.7. The third-order valence-electron chi connectivity index (χ3n) is 5.01. The fourth-order valence-electron chi connectivity index (χ4n) is 3.51. The van der Waals surface area contributed by atoms with Crippen molar-refractivity contribution >= 4 is 17.5 Å². The van der Waals surface area contributed by atoms with Gasteiger partial charge >= 0.3 is 0 Å². The Kier molecular flexibility index (Phi) is 5.74. The minimum atomic E-state index is 0.197. The first kappa shape index (κ1) is 18.7. The van der Waals surface area contributed by atoms with Crippen LogP contribution in [0.4, 0.5) is 0 Å². The standard InChI is InChI=1S/C22H23ClN4O/c23-20-6-4-5-18(13-20)16-26-12-11-25(10-9-22(26)28)15-19-14-24-27(17-19)21-7-2-1-3-8-21/h1-8,13-14,17H,9-12,15-16H2. The molecule has 0 aliphatic carbocycles. The molecule has 1 aromatic heterocycles. The van der Waals surface area contributed by atoms with Crippen LogP contribution in [0.5, 0.6) is 0 Å². The van der Waals surface area contributed by atoms with E-state index >= 15 is 0 Å². The fourth-order valence-corrected chi connectivity index (χ4v) is 3.73. The smallest absolute Gasteiger partial charge is 0.224 e. The molecule has 1 amide bonds. The Labute approximate surface area is 170 Å². The minimum Gasteiger partial charge on any atom is -0.337 e. The van der Waals surface area contributed by atoms with Gasteiger partial charge in [-0.25, -0.2) is 4.68 Å². The van der Waals surface area contributed by atoms with Crippen LogP contribution < -0.4 is 0 Å². The molecule has 2 heterocycles. The molecule has 4 rings (SSSR count). The van der Waals surface area contributed by atoms with Gasteiger partial charge in [-0.2, -0.15) is 5.10 Å². The number of benzene rings is 2. The Balaban J connectivity index is 1.37. The summed E-state index contributed by atoms with van der Waals surface area (Å²) < 4.78 is 1.89. The van der Waals surface area contributed by atoms with Gasteiger partial charge in [0.2, 0.25) is 5.91 Å². The summed E-state index contributed by atoms with van der Waals surface area (Å²) in [6.45, 7) is 3.74. The van der Waals surface area contributed by atoms with Crippen molar-refractivity contribution in [3.8, 4) is 5.69 Å². The summed E-state index contributed by atoms with van der Waals surface area (Å²) >= 11 is 6.07. The van der Waals surface area contributed by atoms with E-state index in [0.29, 0.717) is 18.0 Å². The number of carbonyl (C=O) groups is 1. The second-order valence-corrected chi connectivity index (χ2v) is 7.54. The molecule has 0 saturated carbocycles. The molecule has 144 valence electrons. The molecule has 0 N–H and O–H groups in total.